The van der Waals surface area contributed by atoms with Gasteiger partial charge in [0.15, 0.2) is 10.9 Å². The fourth-order valence-corrected chi connectivity index (χ4v) is 3.19. The Bertz CT molecular complexity index is 906. The zero-order valence-electron chi connectivity index (χ0n) is 13.2. The van der Waals surface area contributed by atoms with Crippen molar-refractivity contribution in [2.24, 2.45) is 5.10 Å². The van der Waals surface area contributed by atoms with E-state index < -0.39 is 12.6 Å². The van der Waals surface area contributed by atoms with Gasteiger partial charge in [-0.25, -0.2) is 4.79 Å². The van der Waals surface area contributed by atoms with E-state index in [1.54, 1.807) is 42.5 Å². The number of carboxylic acid groups (broad SMARTS) is 1. The van der Waals surface area contributed by atoms with Crippen LogP contribution in [0.5, 0.6) is 5.75 Å². The van der Waals surface area contributed by atoms with E-state index in [1.807, 2.05) is 0 Å². The van der Waals surface area contributed by atoms with Crippen molar-refractivity contribution in [3.63, 3.8) is 0 Å². The molecule has 1 aromatic heterocycles. The van der Waals surface area contributed by atoms with Crippen molar-refractivity contribution in [3.05, 3.63) is 58.9 Å². The number of thiocarbonyl (C=S) groups is 1. The topological polar surface area (TPSA) is 92.3 Å². The summed E-state index contributed by atoms with van der Waals surface area (Å²) < 4.78 is 10.7. The van der Waals surface area contributed by atoms with Gasteiger partial charge in [0.05, 0.1) is 17.4 Å². The molecule has 1 aliphatic rings. The maximum atomic E-state index is 12.4. The van der Waals surface area contributed by atoms with Crippen LogP contribution in [0.1, 0.15) is 11.3 Å². The Kier molecular flexibility index (Phi) is 5.49. The minimum absolute atomic E-state index is 0.285. The lowest BCUT2D eigenvalue weighted by molar-refractivity contribution is -0.139. The molecule has 1 N–H and O–H groups in total. The van der Waals surface area contributed by atoms with E-state index in [1.165, 1.54) is 12.5 Å². The quantitative estimate of drug-likeness (QED) is 0.462. The van der Waals surface area contributed by atoms with Gasteiger partial charge in [-0.1, -0.05) is 23.9 Å². The van der Waals surface area contributed by atoms with Crippen LogP contribution in [0.25, 0.3) is 6.08 Å². The van der Waals surface area contributed by atoms with Crippen LogP contribution in [0.15, 0.2) is 57.1 Å². The zero-order valence-corrected chi connectivity index (χ0v) is 14.8. The summed E-state index contributed by atoms with van der Waals surface area (Å²) in [6, 6.07) is 10.2. The fraction of sp³-hybridized carbons (Fsp3) is 0.0588. The average molecular weight is 388 g/mol. The minimum Gasteiger partial charge on any atom is -0.481 e. The van der Waals surface area contributed by atoms with Crippen molar-refractivity contribution in [1.82, 2.24) is 5.01 Å². The van der Waals surface area contributed by atoms with Gasteiger partial charge < -0.3 is 14.3 Å². The molecule has 0 aliphatic carbocycles. The summed E-state index contributed by atoms with van der Waals surface area (Å²) in [5.41, 5.74) is 0.526. The highest BCUT2D eigenvalue weighted by Gasteiger charge is 2.32. The van der Waals surface area contributed by atoms with Crippen LogP contribution >= 0.6 is 24.0 Å². The Balaban J connectivity index is 1.77. The number of thioether (sulfide) groups is 1. The molecule has 1 saturated heterocycles. The third kappa shape index (κ3) is 4.19. The highest BCUT2D eigenvalue weighted by Crippen LogP contribution is 2.32. The molecule has 0 spiro atoms. The van der Waals surface area contributed by atoms with Gasteiger partial charge >= 0.3 is 5.97 Å². The van der Waals surface area contributed by atoms with E-state index in [2.05, 4.69) is 5.10 Å². The van der Waals surface area contributed by atoms with E-state index in [4.69, 9.17) is 26.5 Å². The number of carbonyl (C=O) groups excluding carboxylic acids is 1. The van der Waals surface area contributed by atoms with Crippen molar-refractivity contribution in [1.29, 1.82) is 0 Å². The maximum Gasteiger partial charge on any atom is 0.341 e. The molecule has 0 unspecified atom stereocenters. The second-order valence-corrected chi connectivity index (χ2v) is 6.65. The van der Waals surface area contributed by atoms with Crippen LogP contribution in [-0.2, 0) is 9.59 Å². The summed E-state index contributed by atoms with van der Waals surface area (Å²) in [6.07, 6.45) is 4.51. The number of hydrazone groups is 1. The van der Waals surface area contributed by atoms with Crippen LogP contribution in [-0.4, -0.2) is 39.1 Å². The molecule has 132 valence electrons. The van der Waals surface area contributed by atoms with E-state index in [0.29, 0.717) is 22.0 Å². The highest BCUT2D eigenvalue weighted by atomic mass is 32.2. The van der Waals surface area contributed by atoms with Gasteiger partial charge in [0.25, 0.3) is 5.91 Å². The lowest BCUT2D eigenvalue weighted by Gasteiger charge is -2.08. The number of benzene rings is 1. The standard InChI is InChI=1S/C17H12N2O5S2/c20-15(21)10-24-13-6-2-1-4-11(13)9-18-19-16(22)14(26-17(19)25)8-12-5-3-7-23-12/h1-9H,10H2,(H,20,21). The number of carboxylic acids is 1. The molecular weight excluding hydrogens is 376 g/mol. The van der Waals surface area contributed by atoms with Crippen LogP contribution in [0.3, 0.4) is 0 Å². The van der Waals surface area contributed by atoms with Gasteiger partial charge in [-0.3, -0.25) is 4.79 Å². The van der Waals surface area contributed by atoms with Crippen LogP contribution in [0.4, 0.5) is 0 Å². The molecule has 26 heavy (non-hydrogen) atoms. The maximum absolute atomic E-state index is 12.4. The van der Waals surface area contributed by atoms with E-state index >= 15 is 0 Å². The van der Waals surface area contributed by atoms with Crippen molar-refractivity contribution in [2.45, 2.75) is 0 Å². The molecule has 1 aliphatic heterocycles. The van der Waals surface area contributed by atoms with E-state index in [0.717, 1.165) is 16.8 Å². The second kappa shape index (κ2) is 7.98. The number of furan rings is 1. The molecule has 1 aromatic carbocycles. The first-order chi connectivity index (χ1) is 12.5. The van der Waals surface area contributed by atoms with Gasteiger partial charge in [-0.2, -0.15) is 10.1 Å². The molecule has 1 fully saturated rings. The van der Waals surface area contributed by atoms with E-state index in [-0.39, 0.29) is 10.2 Å². The predicted octanol–water partition coefficient (Wildman–Crippen LogP) is 2.98. The first-order valence-electron chi connectivity index (χ1n) is 7.33. The first-order valence-corrected chi connectivity index (χ1v) is 8.56. The second-order valence-electron chi connectivity index (χ2n) is 4.97. The van der Waals surface area contributed by atoms with E-state index in [9.17, 15) is 9.59 Å². The number of rotatable bonds is 6. The van der Waals surface area contributed by atoms with Gasteiger partial charge in [-0.05, 0) is 36.5 Å². The van der Waals surface area contributed by atoms with Crippen molar-refractivity contribution < 1.29 is 23.8 Å². The third-order valence-electron chi connectivity index (χ3n) is 3.17. The molecular formula is C17H12N2O5S2. The first kappa shape index (κ1) is 17.9. The Morgan fingerprint density at radius 3 is 2.88 bits per heavy atom. The summed E-state index contributed by atoms with van der Waals surface area (Å²) in [7, 11) is 0. The lowest BCUT2D eigenvalue weighted by atomic mass is 10.2. The summed E-state index contributed by atoms with van der Waals surface area (Å²) in [5.74, 6) is -0.564. The molecule has 0 bridgehead atoms. The zero-order chi connectivity index (χ0) is 18.5. The molecule has 9 heteroatoms. The van der Waals surface area contributed by atoms with Crippen molar-refractivity contribution in [3.8, 4) is 5.75 Å². The number of hydrogen-bond acceptors (Lipinski definition) is 7. The highest BCUT2D eigenvalue weighted by molar-refractivity contribution is 8.26. The number of nitrogens with zero attached hydrogens (tertiary/aromatic N) is 2. The Morgan fingerprint density at radius 1 is 1.35 bits per heavy atom. The predicted molar refractivity (Wildman–Crippen MR) is 101 cm³/mol. The molecule has 0 atom stereocenters. The number of hydrogen-bond donors (Lipinski definition) is 1. The van der Waals surface area contributed by atoms with Crippen LogP contribution < -0.4 is 4.74 Å². The average Bonchev–Trinajstić information content (AvgIpc) is 3.21. The molecule has 3 rings (SSSR count). The van der Waals surface area contributed by atoms with Crippen molar-refractivity contribution in [2.75, 3.05) is 6.61 Å². The van der Waals surface area contributed by atoms with Gasteiger partial charge in [0.2, 0.25) is 0 Å². The molecule has 1 amide bonds. The molecule has 2 aromatic rings. The molecule has 0 saturated carbocycles. The Hall–Kier alpha value is -2.91. The molecule has 2 heterocycles. The fourth-order valence-electron chi connectivity index (χ4n) is 2.04. The van der Waals surface area contributed by atoms with Gasteiger partial charge in [-0.15, -0.1) is 0 Å². The summed E-state index contributed by atoms with van der Waals surface area (Å²) >= 11 is 6.32. The van der Waals surface area contributed by atoms with Crippen LogP contribution in [0, 0.1) is 0 Å². The summed E-state index contributed by atoms with van der Waals surface area (Å²) in [4.78, 5) is 23.5. The Morgan fingerprint density at radius 2 is 2.15 bits per heavy atom. The number of ether oxygens (including phenoxy) is 1. The molecule has 7 nitrogen and oxygen atoms in total. The monoisotopic (exact) mass is 388 g/mol. The third-order valence-corrected chi connectivity index (χ3v) is 4.46. The largest absolute Gasteiger partial charge is 0.481 e. The SMILES string of the molecule is O=C(O)COc1ccccc1C=NN1C(=O)C(=Cc2ccco2)SC1=S. The minimum atomic E-state index is -1.09. The smallest absolute Gasteiger partial charge is 0.341 e. The Labute approximate surface area is 157 Å². The summed E-state index contributed by atoms with van der Waals surface area (Å²) in [6.45, 7) is -0.474. The number of aliphatic carboxylic acids is 1. The summed E-state index contributed by atoms with van der Waals surface area (Å²) in [5, 5.41) is 13.9. The normalized spacial score (nSPS) is 16.0. The van der Waals surface area contributed by atoms with Crippen molar-refractivity contribution >= 4 is 52.5 Å². The van der Waals surface area contributed by atoms with Crippen LogP contribution in [0.2, 0.25) is 0 Å². The van der Waals surface area contributed by atoms with Gasteiger partial charge in [0.1, 0.15) is 11.5 Å². The lowest BCUT2D eigenvalue weighted by Crippen LogP contribution is -2.22. The number of carbonyl (C=O) groups is 2. The number of amides is 1. The number of para-hydroxylation sites is 1. The van der Waals surface area contributed by atoms with Gasteiger partial charge in [0, 0.05) is 11.6 Å². The molecule has 0 radical (unpaired) electrons.